The zero-order valence-corrected chi connectivity index (χ0v) is 12.0. The smallest absolute Gasteiger partial charge is 0.0965 e. The quantitative estimate of drug-likeness (QED) is 0.881. The lowest BCUT2D eigenvalue weighted by Crippen LogP contribution is -2.45. The lowest BCUT2D eigenvalue weighted by atomic mass is 9.73. The van der Waals surface area contributed by atoms with E-state index in [1.807, 2.05) is 6.20 Å². The van der Waals surface area contributed by atoms with Gasteiger partial charge in [-0.3, -0.25) is 0 Å². The van der Waals surface area contributed by atoms with E-state index in [-0.39, 0.29) is 0 Å². The molecule has 0 spiro atoms. The molecular formula is C14H24N2S. The van der Waals surface area contributed by atoms with E-state index in [1.165, 1.54) is 30.7 Å². The van der Waals surface area contributed by atoms with Gasteiger partial charge in [-0.25, -0.2) is 4.98 Å². The molecule has 1 aromatic rings. The van der Waals surface area contributed by atoms with Crippen molar-refractivity contribution in [2.24, 2.45) is 5.41 Å². The lowest BCUT2D eigenvalue weighted by molar-refractivity contribution is 0.167. The summed E-state index contributed by atoms with van der Waals surface area (Å²) >= 11 is 1.77. The highest BCUT2D eigenvalue weighted by molar-refractivity contribution is 7.09. The van der Waals surface area contributed by atoms with E-state index in [0.717, 1.165) is 6.54 Å². The third kappa shape index (κ3) is 3.29. The highest BCUT2D eigenvalue weighted by Gasteiger charge is 2.31. The minimum Gasteiger partial charge on any atom is -0.313 e. The van der Waals surface area contributed by atoms with Crippen LogP contribution in [0.1, 0.15) is 57.4 Å². The Balaban J connectivity index is 1.85. The van der Waals surface area contributed by atoms with Crippen LogP contribution in [0.5, 0.6) is 0 Å². The van der Waals surface area contributed by atoms with E-state index in [2.05, 4.69) is 36.5 Å². The molecule has 2 nitrogen and oxygen atoms in total. The topological polar surface area (TPSA) is 24.9 Å². The number of hydrogen-bond acceptors (Lipinski definition) is 3. The van der Waals surface area contributed by atoms with Gasteiger partial charge < -0.3 is 5.32 Å². The van der Waals surface area contributed by atoms with Crippen molar-refractivity contribution in [1.82, 2.24) is 10.3 Å². The maximum absolute atomic E-state index is 4.39. The van der Waals surface area contributed by atoms with Crippen molar-refractivity contribution in [1.29, 1.82) is 0 Å². The number of aromatic nitrogens is 1. The van der Waals surface area contributed by atoms with Crippen LogP contribution >= 0.6 is 11.3 Å². The Morgan fingerprint density at radius 2 is 2.35 bits per heavy atom. The fourth-order valence-corrected chi connectivity index (χ4v) is 3.46. The highest BCUT2D eigenvalue weighted by atomic mass is 32.1. The van der Waals surface area contributed by atoms with Crippen LogP contribution in [0.2, 0.25) is 0 Å². The van der Waals surface area contributed by atoms with Crippen LogP contribution in [0.25, 0.3) is 0 Å². The molecule has 2 atom stereocenters. The van der Waals surface area contributed by atoms with Crippen LogP contribution in [0.3, 0.4) is 0 Å². The van der Waals surface area contributed by atoms with Crippen molar-refractivity contribution in [3.05, 3.63) is 16.6 Å². The van der Waals surface area contributed by atoms with Gasteiger partial charge in [0.2, 0.25) is 0 Å². The van der Waals surface area contributed by atoms with Crippen molar-refractivity contribution in [3.63, 3.8) is 0 Å². The van der Waals surface area contributed by atoms with Gasteiger partial charge in [-0.05, 0) is 18.3 Å². The first-order chi connectivity index (χ1) is 8.09. The molecular weight excluding hydrogens is 228 g/mol. The monoisotopic (exact) mass is 252 g/mol. The molecule has 1 N–H and O–H groups in total. The Labute approximate surface area is 109 Å². The summed E-state index contributed by atoms with van der Waals surface area (Å²) in [5.74, 6) is 0.535. The predicted octanol–water partition coefficient (Wildman–Crippen LogP) is 3.81. The largest absolute Gasteiger partial charge is 0.313 e. The normalized spacial score (nSPS) is 25.7. The summed E-state index contributed by atoms with van der Waals surface area (Å²) in [7, 11) is 0. The third-order valence-corrected chi connectivity index (χ3v) is 5.06. The molecule has 0 amide bonds. The second-order valence-corrected chi connectivity index (χ2v) is 6.89. The zero-order chi connectivity index (χ0) is 12.3. The van der Waals surface area contributed by atoms with Gasteiger partial charge in [0.15, 0.2) is 0 Å². The standard InChI is InChI=1S/C14H24N2S/c1-11(13-15-8-9-17-13)10-16-12-6-4-5-7-14(12,2)3/h8-9,11-12,16H,4-7,10H2,1-3H3. The molecule has 1 saturated carbocycles. The average Bonchev–Trinajstić information content (AvgIpc) is 2.80. The molecule has 96 valence electrons. The Morgan fingerprint density at radius 3 is 3.00 bits per heavy atom. The van der Waals surface area contributed by atoms with Crippen molar-refractivity contribution < 1.29 is 0 Å². The van der Waals surface area contributed by atoms with Gasteiger partial charge in [-0.15, -0.1) is 11.3 Å². The second-order valence-electron chi connectivity index (χ2n) is 5.97. The first-order valence-corrected chi connectivity index (χ1v) is 7.60. The fourth-order valence-electron chi connectivity index (χ4n) is 2.76. The Bertz CT molecular complexity index is 332. The van der Waals surface area contributed by atoms with Crippen LogP contribution in [0.4, 0.5) is 0 Å². The molecule has 1 aliphatic rings. The Hall–Kier alpha value is -0.410. The zero-order valence-electron chi connectivity index (χ0n) is 11.2. The Morgan fingerprint density at radius 1 is 1.53 bits per heavy atom. The molecule has 0 radical (unpaired) electrons. The fraction of sp³-hybridized carbons (Fsp3) is 0.786. The van der Waals surface area contributed by atoms with Crippen molar-refractivity contribution in [3.8, 4) is 0 Å². The molecule has 0 bridgehead atoms. The summed E-state index contributed by atoms with van der Waals surface area (Å²) in [6.07, 6.45) is 7.37. The van der Waals surface area contributed by atoms with Crippen molar-refractivity contribution >= 4 is 11.3 Å². The van der Waals surface area contributed by atoms with Crippen LogP contribution in [-0.4, -0.2) is 17.6 Å². The number of nitrogens with one attached hydrogen (secondary N) is 1. The first kappa shape index (κ1) is 13.0. The van der Waals surface area contributed by atoms with Crippen LogP contribution in [-0.2, 0) is 0 Å². The van der Waals surface area contributed by atoms with Crippen LogP contribution in [0.15, 0.2) is 11.6 Å². The van der Waals surface area contributed by atoms with E-state index in [9.17, 15) is 0 Å². The van der Waals surface area contributed by atoms with E-state index >= 15 is 0 Å². The second kappa shape index (κ2) is 5.49. The van der Waals surface area contributed by atoms with Gasteiger partial charge in [0.05, 0.1) is 5.01 Å². The molecule has 0 saturated heterocycles. The summed E-state index contributed by atoms with van der Waals surface area (Å²) in [4.78, 5) is 4.39. The minimum atomic E-state index is 0.459. The van der Waals surface area contributed by atoms with Crippen LogP contribution < -0.4 is 5.32 Å². The average molecular weight is 252 g/mol. The summed E-state index contributed by atoms with van der Waals surface area (Å²) < 4.78 is 0. The molecule has 0 aliphatic heterocycles. The number of thiazole rings is 1. The predicted molar refractivity (Wildman–Crippen MR) is 74.6 cm³/mol. The summed E-state index contributed by atoms with van der Waals surface area (Å²) in [5, 5.41) is 7.09. The van der Waals surface area contributed by atoms with E-state index in [1.54, 1.807) is 11.3 Å². The number of rotatable bonds is 4. The van der Waals surface area contributed by atoms with E-state index in [4.69, 9.17) is 0 Å². The van der Waals surface area contributed by atoms with Gasteiger partial charge in [0, 0.05) is 30.1 Å². The van der Waals surface area contributed by atoms with Gasteiger partial charge in [-0.1, -0.05) is 33.6 Å². The molecule has 1 aliphatic carbocycles. The van der Waals surface area contributed by atoms with Crippen LogP contribution in [0, 0.1) is 5.41 Å². The summed E-state index contributed by atoms with van der Waals surface area (Å²) in [6.45, 7) is 8.12. The van der Waals surface area contributed by atoms with Crippen molar-refractivity contribution in [2.75, 3.05) is 6.54 Å². The number of nitrogens with zero attached hydrogens (tertiary/aromatic N) is 1. The molecule has 2 rings (SSSR count). The molecule has 0 aromatic carbocycles. The molecule has 1 fully saturated rings. The maximum atomic E-state index is 4.39. The minimum absolute atomic E-state index is 0.459. The van der Waals surface area contributed by atoms with E-state index < -0.39 is 0 Å². The van der Waals surface area contributed by atoms with Gasteiger partial charge in [-0.2, -0.15) is 0 Å². The molecule has 1 aromatic heterocycles. The SMILES string of the molecule is CC(CNC1CCCCC1(C)C)c1nccs1. The summed E-state index contributed by atoms with van der Waals surface area (Å²) in [5.41, 5.74) is 0.459. The Kier molecular flexibility index (Phi) is 4.21. The number of hydrogen-bond donors (Lipinski definition) is 1. The third-order valence-electron chi connectivity index (χ3n) is 4.05. The van der Waals surface area contributed by atoms with Gasteiger partial charge in [0.25, 0.3) is 0 Å². The lowest BCUT2D eigenvalue weighted by Gasteiger charge is -2.39. The van der Waals surface area contributed by atoms with Crippen molar-refractivity contribution in [2.45, 2.75) is 58.4 Å². The van der Waals surface area contributed by atoms with E-state index in [0.29, 0.717) is 17.4 Å². The van der Waals surface area contributed by atoms with Gasteiger partial charge >= 0.3 is 0 Å². The first-order valence-electron chi connectivity index (χ1n) is 6.72. The molecule has 3 heteroatoms. The molecule has 2 unspecified atom stereocenters. The molecule has 17 heavy (non-hydrogen) atoms. The van der Waals surface area contributed by atoms with Gasteiger partial charge in [0.1, 0.15) is 0 Å². The highest BCUT2D eigenvalue weighted by Crippen LogP contribution is 2.35. The summed E-state index contributed by atoms with van der Waals surface area (Å²) in [6, 6.07) is 0.679. The maximum Gasteiger partial charge on any atom is 0.0965 e. The molecule has 1 heterocycles.